The van der Waals surface area contributed by atoms with Crippen molar-refractivity contribution in [3.05, 3.63) is 0 Å². The molecule has 0 atom stereocenters. The van der Waals surface area contributed by atoms with Crippen LogP contribution < -0.4 is 0 Å². The maximum atomic E-state index is 11.4. The van der Waals surface area contributed by atoms with Crippen LogP contribution >= 0.6 is 0 Å². The van der Waals surface area contributed by atoms with Crippen LogP contribution in [0.5, 0.6) is 0 Å². The minimum Gasteiger partial charge on any atom is -0.449 e. The third kappa shape index (κ3) is 6.44. The van der Waals surface area contributed by atoms with Crippen molar-refractivity contribution in [2.45, 2.75) is 6.42 Å². The lowest BCUT2D eigenvalue weighted by Gasteiger charge is -2.25. The van der Waals surface area contributed by atoms with Gasteiger partial charge in [-0.15, -0.1) is 0 Å². The van der Waals surface area contributed by atoms with Crippen molar-refractivity contribution in [1.82, 2.24) is 4.90 Å². The van der Waals surface area contributed by atoms with E-state index < -0.39 is 16.2 Å². The fourth-order valence-electron chi connectivity index (χ4n) is 1.27. The van der Waals surface area contributed by atoms with Crippen LogP contribution in [0, 0.1) is 0 Å². The summed E-state index contributed by atoms with van der Waals surface area (Å²) in [6.07, 6.45) is 0.934. The molecular weight excluding hydrogens is 250 g/mol. The van der Waals surface area contributed by atoms with E-state index >= 15 is 0 Å². The fourth-order valence-corrected chi connectivity index (χ4v) is 1.69. The molecule has 7 nitrogen and oxygen atoms in total. The number of amides is 1. The van der Waals surface area contributed by atoms with Crippen LogP contribution in [0.15, 0.2) is 0 Å². The van der Waals surface area contributed by atoms with Crippen molar-refractivity contribution in [1.29, 1.82) is 0 Å². The lowest BCUT2D eigenvalue weighted by molar-refractivity contribution is 0.0261. The zero-order chi connectivity index (χ0) is 12.7. The van der Waals surface area contributed by atoms with Gasteiger partial charge in [0.05, 0.1) is 32.7 Å². The van der Waals surface area contributed by atoms with Gasteiger partial charge in [-0.2, -0.15) is 8.42 Å². The van der Waals surface area contributed by atoms with Gasteiger partial charge in [0.25, 0.3) is 10.1 Å². The van der Waals surface area contributed by atoms with Gasteiger partial charge in [0.2, 0.25) is 0 Å². The summed E-state index contributed by atoms with van der Waals surface area (Å²) in [6, 6.07) is 0. The van der Waals surface area contributed by atoms with E-state index in [1.165, 1.54) is 0 Å². The van der Waals surface area contributed by atoms with Crippen molar-refractivity contribution >= 4 is 16.2 Å². The standard InChI is InChI=1S/C9H17NO6S/c1-17(12,13)16-6-2-5-15-9(11)10-3-7-14-8-4-10/h2-8H2,1H3. The third-order valence-electron chi connectivity index (χ3n) is 2.08. The second-order valence-corrected chi connectivity index (χ2v) is 5.24. The van der Waals surface area contributed by atoms with Gasteiger partial charge in [0.1, 0.15) is 0 Å². The molecule has 0 N–H and O–H groups in total. The highest BCUT2D eigenvalue weighted by Crippen LogP contribution is 2.00. The molecule has 0 aliphatic carbocycles. The zero-order valence-electron chi connectivity index (χ0n) is 9.75. The topological polar surface area (TPSA) is 82.1 Å². The van der Waals surface area contributed by atoms with Crippen LogP contribution in [-0.4, -0.2) is 65.2 Å². The summed E-state index contributed by atoms with van der Waals surface area (Å²) in [5, 5.41) is 0. The number of carbonyl (C=O) groups excluding carboxylic acids is 1. The second kappa shape index (κ2) is 6.77. The molecular formula is C9H17NO6S. The highest BCUT2D eigenvalue weighted by Gasteiger charge is 2.17. The fraction of sp³-hybridized carbons (Fsp3) is 0.889. The molecule has 0 aromatic heterocycles. The normalized spacial score (nSPS) is 16.9. The van der Waals surface area contributed by atoms with E-state index in [0.29, 0.717) is 32.7 Å². The Balaban J connectivity index is 2.07. The molecule has 0 aromatic rings. The van der Waals surface area contributed by atoms with Crippen molar-refractivity contribution in [3.63, 3.8) is 0 Å². The Labute approximate surface area is 101 Å². The van der Waals surface area contributed by atoms with Crippen LogP contribution in [-0.2, 0) is 23.8 Å². The Hall–Kier alpha value is -0.860. The number of carbonyl (C=O) groups is 1. The minimum atomic E-state index is -3.41. The summed E-state index contributed by atoms with van der Waals surface area (Å²) < 4.78 is 35.8. The molecule has 1 aliphatic heterocycles. The van der Waals surface area contributed by atoms with E-state index in [0.717, 1.165) is 6.26 Å². The van der Waals surface area contributed by atoms with E-state index in [-0.39, 0.29) is 13.2 Å². The summed E-state index contributed by atoms with van der Waals surface area (Å²) in [7, 11) is -3.41. The predicted octanol–water partition coefficient (Wildman–Crippen LogP) is -0.178. The summed E-state index contributed by atoms with van der Waals surface area (Å²) in [4.78, 5) is 13.0. The number of rotatable bonds is 5. The molecule has 1 fully saturated rings. The Bertz CT molecular complexity index is 335. The first-order valence-electron chi connectivity index (χ1n) is 5.33. The number of nitrogens with zero attached hydrogens (tertiary/aromatic N) is 1. The second-order valence-electron chi connectivity index (χ2n) is 3.59. The van der Waals surface area contributed by atoms with Gasteiger partial charge in [0.15, 0.2) is 0 Å². The van der Waals surface area contributed by atoms with E-state index in [9.17, 15) is 13.2 Å². The maximum absolute atomic E-state index is 11.4. The Kier molecular flexibility index (Phi) is 5.66. The monoisotopic (exact) mass is 267 g/mol. The van der Waals surface area contributed by atoms with E-state index in [1.807, 2.05) is 0 Å². The van der Waals surface area contributed by atoms with Crippen molar-refractivity contribution in [2.24, 2.45) is 0 Å². The molecule has 1 aliphatic rings. The molecule has 0 aromatic carbocycles. The summed E-state index contributed by atoms with van der Waals surface area (Å²) in [6.45, 7) is 2.26. The zero-order valence-corrected chi connectivity index (χ0v) is 10.6. The average molecular weight is 267 g/mol. The van der Waals surface area contributed by atoms with Gasteiger partial charge in [0, 0.05) is 19.5 Å². The van der Waals surface area contributed by atoms with Crippen molar-refractivity contribution < 1.29 is 26.9 Å². The lowest BCUT2D eigenvalue weighted by Crippen LogP contribution is -2.41. The molecule has 1 heterocycles. The molecule has 1 saturated heterocycles. The maximum Gasteiger partial charge on any atom is 0.409 e. The summed E-state index contributed by atoms with van der Waals surface area (Å²) >= 11 is 0. The van der Waals surface area contributed by atoms with Gasteiger partial charge in [-0.3, -0.25) is 4.18 Å². The summed E-state index contributed by atoms with van der Waals surface area (Å²) in [5.41, 5.74) is 0. The van der Waals surface area contributed by atoms with E-state index in [4.69, 9.17) is 9.47 Å². The lowest BCUT2D eigenvalue weighted by atomic mass is 10.4. The first-order valence-corrected chi connectivity index (χ1v) is 7.14. The SMILES string of the molecule is CS(=O)(=O)OCCCOC(=O)N1CCOCC1. The quantitative estimate of drug-likeness (QED) is 0.508. The molecule has 0 spiro atoms. The number of hydrogen-bond donors (Lipinski definition) is 0. The molecule has 0 unspecified atom stereocenters. The van der Waals surface area contributed by atoms with Gasteiger partial charge in [-0.05, 0) is 0 Å². The van der Waals surface area contributed by atoms with Gasteiger partial charge >= 0.3 is 6.09 Å². The average Bonchev–Trinajstić information content (AvgIpc) is 2.28. The molecule has 1 amide bonds. The van der Waals surface area contributed by atoms with E-state index in [2.05, 4.69) is 4.18 Å². The van der Waals surface area contributed by atoms with Crippen molar-refractivity contribution in [2.75, 3.05) is 45.8 Å². The molecule has 0 bridgehead atoms. The molecule has 8 heteroatoms. The molecule has 0 radical (unpaired) electrons. The molecule has 100 valence electrons. The first-order chi connectivity index (χ1) is 7.99. The van der Waals surface area contributed by atoms with Crippen LogP contribution in [0.1, 0.15) is 6.42 Å². The Morgan fingerprint density at radius 3 is 2.53 bits per heavy atom. The minimum absolute atomic E-state index is 0.0230. The Morgan fingerprint density at radius 1 is 1.29 bits per heavy atom. The highest BCUT2D eigenvalue weighted by atomic mass is 32.2. The Morgan fingerprint density at radius 2 is 1.94 bits per heavy atom. The van der Waals surface area contributed by atoms with E-state index in [1.54, 1.807) is 4.90 Å². The van der Waals surface area contributed by atoms with Crippen LogP contribution in [0.3, 0.4) is 0 Å². The largest absolute Gasteiger partial charge is 0.449 e. The van der Waals surface area contributed by atoms with Gasteiger partial charge in [-0.25, -0.2) is 4.79 Å². The molecule has 0 saturated carbocycles. The van der Waals surface area contributed by atoms with Gasteiger partial charge in [-0.1, -0.05) is 0 Å². The number of morpholine rings is 1. The summed E-state index contributed by atoms with van der Waals surface area (Å²) in [5.74, 6) is 0. The number of ether oxygens (including phenoxy) is 2. The van der Waals surface area contributed by atoms with Crippen LogP contribution in [0.25, 0.3) is 0 Å². The smallest absolute Gasteiger partial charge is 0.409 e. The van der Waals surface area contributed by atoms with Crippen LogP contribution in [0.4, 0.5) is 4.79 Å². The highest BCUT2D eigenvalue weighted by molar-refractivity contribution is 7.85. The van der Waals surface area contributed by atoms with Crippen molar-refractivity contribution in [3.8, 4) is 0 Å². The first kappa shape index (κ1) is 14.2. The molecule has 1 rings (SSSR count). The predicted molar refractivity (Wildman–Crippen MR) is 59.2 cm³/mol. The van der Waals surface area contributed by atoms with Crippen LogP contribution in [0.2, 0.25) is 0 Å². The third-order valence-corrected chi connectivity index (χ3v) is 2.68. The molecule has 17 heavy (non-hydrogen) atoms. The van der Waals surface area contributed by atoms with Gasteiger partial charge < -0.3 is 14.4 Å². The number of hydrogen-bond acceptors (Lipinski definition) is 6.